The molecule has 3 aliphatic rings. The predicted octanol–water partition coefficient (Wildman–Crippen LogP) is 1.63. The number of carbonyl (C=O) groups excluding carboxylic acids is 1. The molecule has 6 heteroatoms. The lowest BCUT2D eigenvalue weighted by Gasteiger charge is -2.29. The molecule has 3 fully saturated rings. The number of hydrogen-bond donors (Lipinski definition) is 1. The summed E-state index contributed by atoms with van der Waals surface area (Å²) in [5.74, 6) is 1.17. The van der Waals surface area contributed by atoms with Crippen LogP contribution in [0.1, 0.15) is 39.0 Å². The first kappa shape index (κ1) is 16.7. The van der Waals surface area contributed by atoms with Gasteiger partial charge in [0.1, 0.15) is 12.2 Å². The minimum absolute atomic E-state index is 0.0410. The number of halogens is 1. The highest BCUT2D eigenvalue weighted by atomic mass is 19.1. The maximum absolute atomic E-state index is 13.4. The molecular weight excluding hydrogens is 297 g/mol. The van der Waals surface area contributed by atoms with Gasteiger partial charge in [0.2, 0.25) is 5.91 Å². The Kier molecular flexibility index (Phi) is 4.61. The summed E-state index contributed by atoms with van der Waals surface area (Å²) in [6.45, 7) is 2.41. The maximum Gasteiger partial charge on any atom is 0.237 e. The van der Waals surface area contributed by atoms with Crippen LogP contribution in [0.4, 0.5) is 4.39 Å². The van der Waals surface area contributed by atoms with Gasteiger partial charge in [-0.3, -0.25) is 4.79 Å². The minimum Gasteiger partial charge on any atom is -0.381 e. The van der Waals surface area contributed by atoms with Crippen LogP contribution in [0.5, 0.6) is 0 Å². The molecule has 0 radical (unpaired) electrons. The van der Waals surface area contributed by atoms with E-state index in [4.69, 9.17) is 10.00 Å². The highest BCUT2D eigenvalue weighted by molar-refractivity contribution is 5.79. The number of alkyl halides is 1. The quantitative estimate of drug-likeness (QED) is 0.854. The second kappa shape index (κ2) is 6.37. The molecule has 0 aromatic heterocycles. The van der Waals surface area contributed by atoms with E-state index in [1.807, 2.05) is 6.07 Å². The zero-order chi connectivity index (χ0) is 16.6. The van der Waals surface area contributed by atoms with Crippen molar-refractivity contribution in [1.82, 2.24) is 10.2 Å². The largest absolute Gasteiger partial charge is 0.381 e. The van der Waals surface area contributed by atoms with Crippen molar-refractivity contribution in [3.63, 3.8) is 0 Å². The van der Waals surface area contributed by atoms with Crippen LogP contribution >= 0.6 is 0 Å². The number of ether oxygens (including phenoxy) is 1. The number of hydrogen-bond acceptors (Lipinski definition) is 4. The second-order valence-electron chi connectivity index (χ2n) is 7.70. The van der Waals surface area contributed by atoms with Gasteiger partial charge in [0.15, 0.2) is 0 Å². The van der Waals surface area contributed by atoms with Gasteiger partial charge in [-0.15, -0.1) is 0 Å². The van der Waals surface area contributed by atoms with Crippen molar-refractivity contribution in [3.05, 3.63) is 0 Å². The van der Waals surface area contributed by atoms with Crippen LogP contribution in [0.25, 0.3) is 0 Å². The number of nitrogens with one attached hydrogen (secondary N) is 1. The van der Waals surface area contributed by atoms with E-state index in [1.54, 1.807) is 7.11 Å². The Morgan fingerprint density at radius 1 is 1.39 bits per heavy atom. The minimum atomic E-state index is -1.07. The Morgan fingerprint density at radius 3 is 2.61 bits per heavy atom. The highest BCUT2D eigenvalue weighted by Crippen LogP contribution is 2.49. The molecule has 2 aliphatic carbocycles. The fourth-order valence-electron chi connectivity index (χ4n) is 4.81. The third-order valence-corrected chi connectivity index (χ3v) is 5.94. The number of likely N-dealkylation sites (tertiary alicyclic amines) is 1. The third kappa shape index (κ3) is 3.36. The molecule has 6 atom stereocenters. The van der Waals surface area contributed by atoms with Crippen LogP contribution in [-0.2, 0) is 9.53 Å². The van der Waals surface area contributed by atoms with Crippen molar-refractivity contribution >= 4 is 5.91 Å². The van der Waals surface area contributed by atoms with Crippen molar-refractivity contribution < 1.29 is 13.9 Å². The van der Waals surface area contributed by atoms with E-state index < -0.39 is 12.2 Å². The van der Waals surface area contributed by atoms with Crippen LogP contribution in [0.3, 0.4) is 0 Å². The van der Waals surface area contributed by atoms with Crippen molar-refractivity contribution in [2.45, 2.75) is 62.9 Å². The summed E-state index contributed by atoms with van der Waals surface area (Å²) in [6.07, 6.45) is 3.78. The predicted molar refractivity (Wildman–Crippen MR) is 83.3 cm³/mol. The van der Waals surface area contributed by atoms with Gasteiger partial charge in [-0.1, -0.05) is 0 Å². The van der Waals surface area contributed by atoms with Gasteiger partial charge < -0.3 is 15.0 Å². The van der Waals surface area contributed by atoms with Gasteiger partial charge in [0.05, 0.1) is 25.3 Å². The van der Waals surface area contributed by atoms with Crippen molar-refractivity contribution in [1.29, 1.82) is 5.26 Å². The van der Waals surface area contributed by atoms with E-state index in [2.05, 4.69) is 12.2 Å². The van der Waals surface area contributed by atoms with Crippen LogP contribution in [-0.4, -0.2) is 54.9 Å². The van der Waals surface area contributed by atoms with Crippen molar-refractivity contribution in [2.24, 2.45) is 11.8 Å². The summed E-state index contributed by atoms with van der Waals surface area (Å²) in [6, 6.07) is 1.42. The molecule has 2 saturated carbocycles. The standard InChI is InChI=1S/C17H26FN3O2/c1-17(6-11-3-15(23-2)4-12(11)7-17)20-9-16(22)21-10-13(18)5-14(21)8-19/h11-15,20H,3-7,9-10H2,1-2H3/t11-,12+,13-,14-,15+,17?/m0/s1. The number of nitrogens with zero attached hydrogens (tertiary/aromatic N) is 2. The van der Waals surface area contributed by atoms with Crippen molar-refractivity contribution in [2.75, 3.05) is 20.2 Å². The molecule has 1 heterocycles. The lowest BCUT2D eigenvalue weighted by Crippen LogP contribution is -2.48. The normalized spacial score (nSPS) is 42.7. The molecule has 0 aromatic carbocycles. The van der Waals surface area contributed by atoms with Gasteiger partial charge in [0, 0.05) is 19.1 Å². The molecule has 0 bridgehead atoms. The molecule has 0 spiro atoms. The second-order valence-corrected chi connectivity index (χ2v) is 7.70. The van der Waals surface area contributed by atoms with Crippen LogP contribution < -0.4 is 5.32 Å². The summed E-state index contributed by atoms with van der Waals surface area (Å²) in [4.78, 5) is 13.7. The van der Waals surface area contributed by atoms with Gasteiger partial charge in [0.25, 0.3) is 0 Å². The lowest BCUT2D eigenvalue weighted by molar-refractivity contribution is -0.130. The average molecular weight is 323 g/mol. The number of amides is 1. The van der Waals surface area contributed by atoms with Gasteiger partial charge in [-0.25, -0.2) is 4.39 Å². The Bertz CT molecular complexity index is 493. The van der Waals surface area contributed by atoms with E-state index in [1.165, 1.54) is 4.90 Å². The first-order valence-electron chi connectivity index (χ1n) is 8.55. The third-order valence-electron chi connectivity index (χ3n) is 5.94. The summed E-state index contributed by atoms with van der Waals surface area (Å²) in [5.41, 5.74) is -0.0410. The number of nitriles is 1. The highest BCUT2D eigenvalue weighted by Gasteiger charge is 2.47. The number of rotatable bonds is 4. The molecular formula is C17H26FN3O2. The van der Waals surface area contributed by atoms with E-state index in [9.17, 15) is 9.18 Å². The molecule has 1 N–H and O–H groups in total. The van der Waals surface area contributed by atoms with E-state index in [0.29, 0.717) is 17.9 Å². The number of carbonyl (C=O) groups is 1. The molecule has 1 saturated heterocycles. The summed E-state index contributed by atoms with van der Waals surface area (Å²) < 4.78 is 18.9. The van der Waals surface area contributed by atoms with E-state index in [-0.39, 0.29) is 31.0 Å². The Hall–Kier alpha value is -1.19. The topological polar surface area (TPSA) is 65.4 Å². The van der Waals surface area contributed by atoms with E-state index in [0.717, 1.165) is 25.7 Å². The summed E-state index contributed by atoms with van der Waals surface area (Å²) >= 11 is 0. The molecule has 1 amide bonds. The SMILES string of the molecule is CO[C@H]1C[C@@H]2CC(C)(NCC(=O)N3C[C@@H](F)C[C@H]3C#N)C[C@@H]2C1. The molecule has 1 aliphatic heterocycles. The Morgan fingerprint density at radius 2 is 2.04 bits per heavy atom. The van der Waals surface area contributed by atoms with Crippen LogP contribution in [0, 0.1) is 23.2 Å². The zero-order valence-corrected chi connectivity index (χ0v) is 13.9. The maximum atomic E-state index is 13.4. The Balaban J connectivity index is 1.51. The van der Waals surface area contributed by atoms with Crippen LogP contribution in [0.2, 0.25) is 0 Å². The Labute approximate surface area is 137 Å². The fourth-order valence-corrected chi connectivity index (χ4v) is 4.81. The molecule has 128 valence electrons. The molecule has 23 heavy (non-hydrogen) atoms. The average Bonchev–Trinajstić information content (AvgIpc) is 3.15. The number of fused-ring (bicyclic) bond motifs is 1. The van der Waals surface area contributed by atoms with E-state index >= 15 is 0 Å². The molecule has 3 rings (SSSR count). The first-order valence-corrected chi connectivity index (χ1v) is 8.55. The first-order chi connectivity index (χ1) is 10.9. The molecule has 1 unspecified atom stereocenters. The smallest absolute Gasteiger partial charge is 0.237 e. The zero-order valence-electron chi connectivity index (χ0n) is 13.9. The summed E-state index contributed by atoms with van der Waals surface area (Å²) in [7, 11) is 1.78. The van der Waals surface area contributed by atoms with Crippen molar-refractivity contribution in [3.8, 4) is 6.07 Å². The molecule has 5 nitrogen and oxygen atoms in total. The van der Waals surface area contributed by atoms with Gasteiger partial charge >= 0.3 is 0 Å². The van der Waals surface area contributed by atoms with Crippen LogP contribution in [0.15, 0.2) is 0 Å². The molecule has 0 aromatic rings. The van der Waals surface area contributed by atoms with Gasteiger partial charge in [-0.2, -0.15) is 5.26 Å². The fraction of sp³-hybridized carbons (Fsp3) is 0.882. The number of methoxy groups -OCH3 is 1. The van der Waals surface area contributed by atoms with Gasteiger partial charge in [-0.05, 0) is 44.4 Å². The monoisotopic (exact) mass is 323 g/mol. The summed E-state index contributed by atoms with van der Waals surface area (Å²) in [5, 5.41) is 12.4. The lowest BCUT2D eigenvalue weighted by atomic mass is 9.95.